The predicted octanol–water partition coefficient (Wildman–Crippen LogP) is 2.38. The smallest absolute Gasteiger partial charge is 0.251 e. The van der Waals surface area contributed by atoms with Crippen LogP contribution in [-0.4, -0.2) is 30.0 Å². The van der Waals surface area contributed by atoms with Gasteiger partial charge < -0.3 is 9.88 Å². The minimum atomic E-state index is -0.158. The van der Waals surface area contributed by atoms with Crippen LogP contribution in [0.25, 0.3) is 11.5 Å². The van der Waals surface area contributed by atoms with Crippen molar-refractivity contribution in [1.82, 2.24) is 29.4 Å². The molecule has 0 radical (unpaired) electrons. The number of aromatic nitrogens is 5. The summed E-state index contributed by atoms with van der Waals surface area (Å²) in [5.74, 6) is 0.489. The lowest BCUT2D eigenvalue weighted by molar-refractivity contribution is 0.0951. The van der Waals surface area contributed by atoms with E-state index in [1.807, 2.05) is 35.0 Å². The zero-order valence-electron chi connectivity index (χ0n) is 13.9. The summed E-state index contributed by atoms with van der Waals surface area (Å²) in [6, 6.07) is 11.3. The Hall–Kier alpha value is -3.74. The minimum Gasteiger partial charge on any atom is -0.348 e. The first-order valence-electron chi connectivity index (χ1n) is 8.10. The lowest BCUT2D eigenvalue weighted by Gasteiger charge is -2.11. The molecule has 0 fully saturated rings. The van der Waals surface area contributed by atoms with Gasteiger partial charge in [-0.15, -0.1) is 0 Å². The van der Waals surface area contributed by atoms with Gasteiger partial charge in [-0.2, -0.15) is 0 Å². The van der Waals surface area contributed by atoms with Crippen molar-refractivity contribution < 1.29 is 4.79 Å². The first-order valence-corrected chi connectivity index (χ1v) is 8.10. The summed E-state index contributed by atoms with van der Waals surface area (Å²) in [5.41, 5.74) is 2.53. The molecule has 0 aliphatic carbocycles. The number of carbonyl (C=O) groups is 1. The third-order valence-corrected chi connectivity index (χ3v) is 3.99. The van der Waals surface area contributed by atoms with Gasteiger partial charge in [0.15, 0.2) is 0 Å². The average molecular weight is 344 g/mol. The van der Waals surface area contributed by atoms with E-state index in [1.165, 1.54) is 0 Å². The molecule has 1 N–H and O–H groups in total. The van der Waals surface area contributed by atoms with Gasteiger partial charge in [0.2, 0.25) is 0 Å². The maximum Gasteiger partial charge on any atom is 0.251 e. The Morgan fingerprint density at radius 1 is 0.962 bits per heavy atom. The van der Waals surface area contributed by atoms with E-state index >= 15 is 0 Å². The molecule has 0 bridgehead atoms. The molecule has 0 aliphatic rings. The molecule has 0 saturated heterocycles. The van der Waals surface area contributed by atoms with Crippen molar-refractivity contribution in [2.45, 2.75) is 6.54 Å². The topological polar surface area (TPSA) is 77.6 Å². The zero-order valence-corrected chi connectivity index (χ0v) is 13.9. The van der Waals surface area contributed by atoms with E-state index in [-0.39, 0.29) is 5.91 Å². The molecule has 1 amide bonds. The first kappa shape index (κ1) is 15.8. The van der Waals surface area contributed by atoms with Crippen molar-refractivity contribution in [3.63, 3.8) is 0 Å². The molecule has 4 rings (SSSR count). The molecule has 7 heteroatoms. The molecule has 0 saturated carbocycles. The van der Waals surface area contributed by atoms with E-state index in [9.17, 15) is 4.79 Å². The van der Waals surface area contributed by atoms with E-state index in [0.29, 0.717) is 17.9 Å². The maximum atomic E-state index is 12.6. The van der Waals surface area contributed by atoms with Gasteiger partial charge in [0.25, 0.3) is 5.91 Å². The highest BCUT2D eigenvalue weighted by atomic mass is 16.1. The van der Waals surface area contributed by atoms with Crippen LogP contribution in [0.5, 0.6) is 0 Å². The number of imidazole rings is 2. The third kappa shape index (κ3) is 3.23. The fourth-order valence-corrected chi connectivity index (χ4v) is 2.69. The standard InChI is InChI=1S/C19H16N6O/c26-19(15-5-6-22-18(11-15)25-10-8-21-14-25)23-12-16-3-1-2-4-17(16)24-9-7-20-13-24/h1-11,13-14H,12H2,(H,23,26). The Balaban J connectivity index is 1.51. The number of benzene rings is 1. The predicted molar refractivity (Wildman–Crippen MR) is 96.1 cm³/mol. The van der Waals surface area contributed by atoms with Crippen LogP contribution in [0.4, 0.5) is 0 Å². The van der Waals surface area contributed by atoms with Crippen molar-refractivity contribution in [1.29, 1.82) is 0 Å². The highest BCUT2D eigenvalue weighted by molar-refractivity contribution is 5.94. The molecular formula is C19H16N6O. The van der Waals surface area contributed by atoms with Gasteiger partial charge in [0.05, 0.1) is 12.0 Å². The van der Waals surface area contributed by atoms with Gasteiger partial charge in [-0.1, -0.05) is 18.2 Å². The Kier molecular flexibility index (Phi) is 4.26. The number of rotatable bonds is 5. The van der Waals surface area contributed by atoms with Crippen LogP contribution in [0.15, 0.2) is 80.0 Å². The molecule has 26 heavy (non-hydrogen) atoms. The summed E-state index contributed by atoms with van der Waals surface area (Å²) in [4.78, 5) is 24.9. The van der Waals surface area contributed by atoms with Crippen molar-refractivity contribution in [2.75, 3.05) is 0 Å². The van der Waals surface area contributed by atoms with Gasteiger partial charge >= 0.3 is 0 Å². The van der Waals surface area contributed by atoms with E-state index in [4.69, 9.17) is 0 Å². The Morgan fingerprint density at radius 2 is 1.73 bits per heavy atom. The number of nitrogens with one attached hydrogen (secondary N) is 1. The number of amides is 1. The summed E-state index contributed by atoms with van der Waals surface area (Å²) >= 11 is 0. The normalized spacial score (nSPS) is 10.6. The summed E-state index contributed by atoms with van der Waals surface area (Å²) in [6.07, 6.45) is 12.0. The number of carbonyl (C=O) groups excluding carboxylic acids is 1. The van der Waals surface area contributed by atoms with Crippen LogP contribution >= 0.6 is 0 Å². The second kappa shape index (κ2) is 7.02. The number of pyridine rings is 1. The molecule has 7 nitrogen and oxygen atoms in total. The molecule has 0 atom stereocenters. The van der Waals surface area contributed by atoms with Gasteiger partial charge in [0, 0.05) is 43.1 Å². The van der Waals surface area contributed by atoms with Crippen LogP contribution in [0.3, 0.4) is 0 Å². The van der Waals surface area contributed by atoms with Crippen LogP contribution in [-0.2, 0) is 6.54 Å². The summed E-state index contributed by atoms with van der Waals surface area (Å²) in [5, 5.41) is 2.96. The maximum absolute atomic E-state index is 12.6. The summed E-state index contributed by atoms with van der Waals surface area (Å²) < 4.78 is 3.68. The van der Waals surface area contributed by atoms with E-state index < -0.39 is 0 Å². The summed E-state index contributed by atoms with van der Waals surface area (Å²) in [7, 11) is 0. The minimum absolute atomic E-state index is 0.158. The number of hydrogen-bond donors (Lipinski definition) is 1. The van der Waals surface area contributed by atoms with Gasteiger partial charge in [0.1, 0.15) is 12.1 Å². The molecule has 3 heterocycles. The monoisotopic (exact) mass is 344 g/mol. The van der Waals surface area contributed by atoms with Crippen molar-refractivity contribution in [3.05, 3.63) is 91.2 Å². The van der Waals surface area contributed by atoms with Gasteiger partial charge in [-0.25, -0.2) is 15.0 Å². The largest absolute Gasteiger partial charge is 0.348 e. The Labute approximate surface area is 150 Å². The van der Waals surface area contributed by atoms with Gasteiger partial charge in [-0.05, 0) is 23.8 Å². The number of nitrogens with zero attached hydrogens (tertiary/aromatic N) is 5. The lowest BCUT2D eigenvalue weighted by atomic mass is 10.1. The Bertz CT molecular complexity index is 1010. The van der Waals surface area contributed by atoms with Gasteiger partial charge in [-0.3, -0.25) is 9.36 Å². The second-order valence-electron chi connectivity index (χ2n) is 5.65. The fraction of sp³-hybridized carbons (Fsp3) is 0.0526. The molecular weight excluding hydrogens is 328 g/mol. The van der Waals surface area contributed by atoms with Crippen LogP contribution in [0.1, 0.15) is 15.9 Å². The van der Waals surface area contributed by atoms with E-state index in [0.717, 1.165) is 11.3 Å². The molecule has 3 aromatic heterocycles. The van der Waals surface area contributed by atoms with Crippen molar-refractivity contribution in [2.24, 2.45) is 0 Å². The zero-order chi connectivity index (χ0) is 17.8. The average Bonchev–Trinajstić information content (AvgIpc) is 3.40. The van der Waals surface area contributed by atoms with Crippen LogP contribution in [0, 0.1) is 0 Å². The van der Waals surface area contributed by atoms with Crippen molar-refractivity contribution >= 4 is 5.91 Å². The van der Waals surface area contributed by atoms with Crippen molar-refractivity contribution in [3.8, 4) is 11.5 Å². The first-order chi connectivity index (χ1) is 12.8. The molecule has 0 unspecified atom stereocenters. The molecule has 0 spiro atoms. The fourth-order valence-electron chi connectivity index (χ4n) is 2.69. The molecule has 0 aliphatic heterocycles. The third-order valence-electron chi connectivity index (χ3n) is 3.99. The van der Waals surface area contributed by atoms with E-state index in [1.54, 1.807) is 54.1 Å². The highest BCUT2D eigenvalue weighted by Crippen LogP contribution is 2.14. The Morgan fingerprint density at radius 3 is 2.50 bits per heavy atom. The number of para-hydroxylation sites is 1. The number of hydrogen-bond acceptors (Lipinski definition) is 4. The second-order valence-corrected chi connectivity index (χ2v) is 5.65. The molecule has 128 valence electrons. The van der Waals surface area contributed by atoms with Crippen LogP contribution < -0.4 is 5.32 Å². The summed E-state index contributed by atoms with van der Waals surface area (Å²) in [6.45, 7) is 0.413. The SMILES string of the molecule is O=C(NCc1ccccc1-n1ccnc1)c1ccnc(-n2ccnc2)c1. The molecule has 1 aromatic carbocycles. The van der Waals surface area contributed by atoms with Crippen LogP contribution in [0.2, 0.25) is 0 Å². The highest BCUT2D eigenvalue weighted by Gasteiger charge is 2.10. The van der Waals surface area contributed by atoms with E-state index in [2.05, 4.69) is 20.3 Å². The lowest BCUT2D eigenvalue weighted by Crippen LogP contribution is -2.23. The quantitative estimate of drug-likeness (QED) is 0.603. The molecule has 4 aromatic rings.